The van der Waals surface area contributed by atoms with Crippen LogP contribution in [-0.4, -0.2) is 31.1 Å². The maximum absolute atomic E-state index is 12.4. The van der Waals surface area contributed by atoms with Crippen LogP contribution in [0.1, 0.15) is 44.8 Å². The molecule has 11 heteroatoms. The standard InChI is InChI=1S/C26H21ClN4O5S/c1-35-21-12-15(6-11-20(21)36-26(34)16-7-9-17(27)10-8-16)14-29-31-24(33)23(32)30-25-19(13-28)18-4-2-3-5-22(18)37-25/h6-12,14H,2-5H2,1H3,(H,30,32)(H,31,33)/b29-14-. The predicted molar refractivity (Wildman–Crippen MR) is 139 cm³/mol. The molecule has 2 amide bonds. The Morgan fingerprint density at radius 1 is 1.08 bits per heavy atom. The van der Waals surface area contributed by atoms with Gasteiger partial charge in [0, 0.05) is 9.90 Å². The largest absolute Gasteiger partial charge is 0.493 e. The Morgan fingerprint density at radius 3 is 2.57 bits per heavy atom. The molecular formula is C26H21ClN4O5S. The van der Waals surface area contributed by atoms with Gasteiger partial charge in [-0.15, -0.1) is 11.3 Å². The van der Waals surface area contributed by atoms with E-state index in [1.54, 1.807) is 36.4 Å². The molecule has 0 spiro atoms. The second-order valence-corrected chi connectivity index (χ2v) is 9.53. The van der Waals surface area contributed by atoms with Crippen LogP contribution < -0.4 is 20.2 Å². The van der Waals surface area contributed by atoms with E-state index in [1.807, 2.05) is 0 Å². The maximum atomic E-state index is 12.4. The Hall–Kier alpha value is -4.20. The Balaban J connectivity index is 1.37. The number of esters is 1. The van der Waals surface area contributed by atoms with Crippen molar-refractivity contribution < 1.29 is 23.9 Å². The number of amides is 2. The highest BCUT2D eigenvalue weighted by Gasteiger charge is 2.23. The molecule has 0 aliphatic heterocycles. The molecule has 0 unspecified atom stereocenters. The number of thiophene rings is 1. The average Bonchev–Trinajstić information content (AvgIpc) is 3.26. The lowest BCUT2D eigenvalue weighted by molar-refractivity contribution is -0.136. The summed E-state index contributed by atoms with van der Waals surface area (Å²) in [6.45, 7) is 0. The zero-order valence-corrected chi connectivity index (χ0v) is 21.2. The molecule has 2 aromatic carbocycles. The van der Waals surface area contributed by atoms with E-state index in [4.69, 9.17) is 21.1 Å². The van der Waals surface area contributed by atoms with Crippen LogP contribution >= 0.6 is 22.9 Å². The van der Waals surface area contributed by atoms with Gasteiger partial charge in [-0.05, 0) is 79.3 Å². The smallest absolute Gasteiger partial charge is 0.343 e. The van der Waals surface area contributed by atoms with Gasteiger partial charge in [-0.1, -0.05) is 11.6 Å². The summed E-state index contributed by atoms with van der Waals surface area (Å²) in [4.78, 5) is 38.0. The summed E-state index contributed by atoms with van der Waals surface area (Å²) >= 11 is 7.18. The number of ether oxygens (including phenoxy) is 2. The van der Waals surface area contributed by atoms with Crippen molar-refractivity contribution in [1.29, 1.82) is 5.26 Å². The molecule has 2 N–H and O–H groups in total. The van der Waals surface area contributed by atoms with Gasteiger partial charge in [-0.3, -0.25) is 9.59 Å². The number of halogens is 1. The number of hydrogen-bond donors (Lipinski definition) is 2. The van der Waals surface area contributed by atoms with E-state index in [1.165, 1.54) is 30.7 Å². The molecule has 1 heterocycles. The number of hydrogen-bond acceptors (Lipinski definition) is 8. The topological polar surface area (TPSA) is 130 Å². The number of anilines is 1. The molecule has 1 aliphatic carbocycles. The number of rotatable bonds is 6. The first-order valence-corrected chi connectivity index (χ1v) is 12.4. The third kappa shape index (κ3) is 6.14. The molecule has 0 fully saturated rings. The van der Waals surface area contributed by atoms with Crippen molar-refractivity contribution in [2.45, 2.75) is 25.7 Å². The number of nitriles is 1. The summed E-state index contributed by atoms with van der Waals surface area (Å²) in [6, 6.07) is 13.1. The van der Waals surface area contributed by atoms with Crippen molar-refractivity contribution in [2.75, 3.05) is 12.4 Å². The Morgan fingerprint density at radius 2 is 1.84 bits per heavy atom. The van der Waals surface area contributed by atoms with Crippen molar-refractivity contribution >= 4 is 51.9 Å². The van der Waals surface area contributed by atoms with Gasteiger partial charge in [0.1, 0.15) is 11.1 Å². The van der Waals surface area contributed by atoms with Gasteiger partial charge in [0.2, 0.25) is 0 Å². The van der Waals surface area contributed by atoms with E-state index in [2.05, 4.69) is 21.9 Å². The lowest BCUT2D eigenvalue weighted by Gasteiger charge is -2.10. The molecular weight excluding hydrogens is 516 g/mol. The average molecular weight is 537 g/mol. The summed E-state index contributed by atoms with van der Waals surface area (Å²) in [5, 5.41) is 16.7. The highest BCUT2D eigenvalue weighted by molar-refractivity contribution is 7.16. The number of fused-ring (bicyclic) bond motifs is 1. The van der Waals surface area contributed by atoms with Crippen LogP contribution in [0.3, 0.4) is 0 Å². The molecule has 37 heavy (non-hydrogen) atoms. The molecule has 1 aliphatic rings. The number of benzene rings is 2. The Kier molecular flexibility index (Phi) is 8.18. The summed E-state index contributed by atoms with van der Waals surface area (Å²) in [5.74, 6) is -2.03. The van der Waals surface area contributed by atoms with E-state index >= 15 is 0 Å². The fourth-order valence-electron chi connectivity index (χ4n) is 3.74. The van der Waals surface area contributed by atoms with Crippen molar-refractivity contribution in [1.82, 2.24) is 5.43 Å². The fraction of sp³-hybridized carbons (Fsp3) is 0.192. The molecule has 0 atom stereocenters. The monoisotopic (exact) mass is 536 g/mol. The highest BCUT2D eigenvalue weighted by atomic mass is 35.5. The summed E-state index contributed by atoms with van der Waals surface area (Å²) in [7, 11) is 1.42. The molecule has 0 bridgehead atoms. The SMILES string of the molecule is COc1cc(/C=N\NC(=O)C(=O)Nc2sc3c(c2C#N)CCCC3)ccc1OC(=O)c1ccc(Cl)cc1. The molecule has 188 valence electrons. The second kappa shape index (κ2) is 11.7. The van der Waals surface area contributed by atoms with E-state index in [0.717, 1.165) is 36.1 Å². The van der Waals surface area contributed by atoms with E-state index < -0.39 is 17.8 Å². The van der Waals surface area contributed by atoms with Crippen LogP contribution in [-0.2, 0) is 22.4 Å². The minimum atomic E-state index is -0.980. The van der Waals surface area contributed by atoms with Gasteiger partial charge in [0.05, 0.1) is 24.5 Å². The Labute approximate surface area is 221 Å². The zero-order chi connectivity index (χ0) is 26.4. The molecule has 0 radical (unpaired) electrons. The molecule has 0 saturated heterocycles. The number of nitrogens with one attached hydrogen (secondary N) is 2. The molecule has 4 rings (SSSR count). The van der Waals surface area contributed by atoms with Crippen molar-refractivity contribution in [2.24, 2.45) is 5.10 Å². The molecule has 1 aromatic heterocycles. The van der Waals surface area contributed by atoms with Gasteiger partial charge in [0.25, 0.3) is 0 Å². The number of hydrazone groups is 1. The number of methoxy groups -OCH3 is 1. The van der Waals surface area contributed by atoms with Crippen LogP contribution in [0.4, 0.5) is 5.00 Å². The maximum Gasteiger partial charge on any atom is 0.343 e. The van der Waals surface area contributed by atoms with Crippen LogP contribution in [0.15, 0.2) is 47.6 Å². The first kappa shape index (κ1) is 25.9. The number of carbonyl (C=O) groups excluding carboxylic acids is 3. The Bertz CT molecular complexity index is 1430. The first-order chi connectivity index (χ1) is 17.9. The van der Waals surface area contributed by atoms with Crippen LogP contribution in [0.2, 0.25) is 5.02 Å². The molecule has 9 nitrogen and oxygen atoms in total. The molecule has 3 aromatic rings. The van der Waals surface area contributed by atoms with Crippen LogP contribution in [0.25, 0.3) is 0 Å². The lowest BCUT2D eigenvalue weighted by Crippen LogP contribution is -2.32. The fourth-order valence-corrected chi connectivity index (χ4v) is 5.10. The number of nitrogens with zero attached hydrogens (tertiary/aromatic N) is 2. The van der Waals surface area contributed by atoms with Gasteiger partial charge >= 0.3 is 17.8 Å². The van der Waals surface area contributed by atoms with Crippen molar-refractivity contribution in [3.8, 4) is 17.6 Å². The van der Waals surface area contributed by atoms with Gasteiger partial charge in [-0.2, -0.15) is 10.4 Å². The van der Waals surface area contributed by atoms with E-state index in [-0.39, 0.29) is 11.5 Å². The van der Waals surface area contributed by atoms with Crippen LogP contribution in [0.5, 0.6) is 11.5 Å². The van der Waals surface area contributed by atoms with E-state index in [0.29, 0.717) is 26.7 Å². The number of aryl methyl sites for hydroxylation is 1. The third-order valence-electron chi connectivity index (χ3n) is 5.57. The summed E-state index contributed by atoms with van der Waals surface area (Å²) < 4.78 is 10.7. The van der Waals surface area contributed by atoms with Crippen molar-refractivity contribution in [3.63, 3.8) is 0 Å². The summed E-state index contributed by atoms with van der Waals surface area (Å²) in [6.07, 6.45) is 5.01. The van der Waals surface area contributed by atoms with E-state index in [9.17, 15) is 19.6 Å². The minimum absolute atomic E-state index is 0.190. The number of carbonyl (C=O) groups is 3. The predicted octanol–water partition coefficient (Wildman–Crippen LogP) is 4.47. The highest BCUT2D eigenvalue weighted by Crippen LogP contribution is 2.37. The molecule has 0 saturated carbocycles. The third-order valence-corrected chi connectivity index (χ3v) is 7.03. The second-order valence-electron chi connectivity index (χ2n) is 7.99. The first-order valence-electron chi connectivity index (χ1n) is 11.2. The quantitative estimate of drug-likeness (QED) is 0.157. The zero-order valence-electron chi connectivity index (χ0n) is 19.7. The van der Waals surface area contributed by atoms with Gasteiger partial charge < -0.3 is 14.8 Å². The van der Waals surface area contributed by atoms with Crippen LogP contribution in [0, 0.1) is 11.3 Å². The summed E-state index contributed by atoms with van der Waals surface area (Å²) in [5.41, 5.74) is 4.39. The minimum Gasteiger partial charge on any atom is -0.493 e. The van der Waals surface area contributed by atoms with Crippen molar-refractivity contribution in [3.05, 3.63) is 74.6 Å². The van der Waals surface area contributed by atoms with Gasteiger partial charge in [0.15, 0.2) is 11.5 Å². The van der Waals surface area contributed by atoms with Gasteiger partial charge in [-0.25, -0.2) is 10.2 Å². The lowest BCUT2D eigenvalue weighted by atomic mass is 9.96. The normalized spacial score (nSPS) is 12.4.